The minimum absolute atomic E-state index is 0.0983. The predicted octanol–water partition coefficient (Wildman–Crippen LogP) is 1.46. The van der Waals surface area contributed by atoms with Crippen LogP contribution in [0.4, 0.5) is 10.1 Å². The molecule has 5 nitrogen and oxygen atoms in total. The van der Waals surface area contributed by atoms with E-state index in [4.69, 9.17) is 5.26 Å². The van der Waals surface area contributed by atoms with Crippen LogP contribution in [0.15, 0.2) is 18.2 Å². The zero-order valence-electron chi connectivity index (χ0n) is 8.99. The van der Waals surface area contributed by atoms with Crippen molar-refractivity contribution < 1.29 is 18.7 Å². The molecular formula is C11H9FN2O3. The zero-order valence-corrected chi connectivity index (χ0v) is 8.99. The molecule has 0 spiro atoms. The Labute approximate surface area is 96.8 Å². The van der Waals surface area contributed by atoms with Crippen molar-refractivity contribution in [3.8, 4) is 6.07 Å². The van der Waals surface area contributed by atoms with Crippen LogP contribution in [0.2, 0.25) is 0 Å². The van der Waals surface area contributed by atoms with E-state index < -0.39 is 24.1 Å². The van der Waals surface area contributed by atoms with Gasteiger partial charge in [0.1, 0.15) is 12.2 Å². The molecule has 0 fully saturated rings. The maximum absolute atomic E-state index is 13.4. The van der Waals surface area contributed by atoms with E-state index in [1.807, 2.05) is 0 Å². The van der Waals surface area contributed by atoms with Gasteiger partial charge in [-0.25, -0.2) is 9.18 Å². The van der Waals surface area contributed by atoms with Crippen LogP contribution in [-0.4, -0.2) is 19.0 Å². The quantitative estimate of drug-likeness (QED) is 0.806. The summed E-state index contributed by atoms with van der Waals surface area (Å²) in [5.41, 5.74) is -0.376. The first-order chi connectivity index (χ1) is 8.10. The summed E-state index contributed by atoms with van der Waals surface area (Å²) in [6.45, 7) is 0. The fourth-order valence-electron chi connectivity index (χ4n) is 1.19. The number of amides is 1. The lowest BCUT2D eigenvalue weighted by molar-refractivity contribution is -0.115. The van der Waals surface area contributed by atoms with Crippen LogP contribution in [0, 0.1) is 17.1 Å². The highest BCUT2D eigenvalue weighted by Crippen LogP contribution is 2.20. The topological polar surface area (TPSA) is 79.2 Å². The first-order valence-electron chi connectivity index (χ1n) is 4.63. The van der Waals surface area contributed by atoms with E-state index in [2.05, 4.69) is 10.1 Å². The van der Waals surface area contributed by atoms with Gasteiger partial charge in [0.25, 0.3) is 0 Å². The number of halogens is 1. The summed E-state index contributed by atoms with van der Waals surface area (Å²) in [7, 11) is 1.15. The zero-order chi connectivity index (χ0) is 12.8. The standard InChI is InChI=1S/C11H9FN2O3/c1-17-11(16)7-3-2-4-8(12)10(7)14-9(15)5-6-13/h2-4H,5H2,1H3,(H,14,15). The van der Waals surface area contributed by atoms with Crippen molar-refractivity contribution in [1.29, 1.82) is 5.26 Å². The smallest absolute Gasteiger partial charge is 0.340 e. The normalized spacial score (nSPS) is 9.24. The van der Waals surface area contributed by atoms with Gasteiger partial charge in [-0.05, 0) is 12.1 Å². The highest BCUT2D eigenvalue weighted by Gasteiger charge is 2.17. The molecule has 0 atom stereocenters. The fourth-order valence-corrected chi connectivity index (χ4v) is 1.19. The second kappa shape index (κ2) is 5.61. The lowest BCUT2D eigenvalue weighted by Gasteiger charge is -2.09. The number of methoxy groups -OCH3 is 1. The molecule has 0 aliphatic rings. The van der Waals surface area contributed by atoms with Crippen molar-refractivity contribution in [3.05, 3.63) is 29.6 Å². The molecule has 0 heterocycles. The number of esters is 1. The van der Waals surface area contributed by atoms with Gasteiger partial charge >= 0.3 is 5.97 Å². The van der Waals surface area contributed by atoms with Crippen molar-refractivity contribution in [2.45, 2.75) is 6.42 Å². The van der Waals surface area contributed by atoms with E-state index >= 15 is 0 Å². The molecule has 17 heavy (non-hydrogen) atoms. The molecule has 1 N–H and O–H groups in total. The number of carbonyl (C=O) groups excluding carboxylic acids is 2. The molecule has 1 aromatic rings. The summed E-state index contributed by atoms with van der Waals surface area (Å²) in [6.07, 6.45) is -0.422. The van der Waals surface area contributed by atoms with Gasteiger partial charge < -0.3 is 10.1 Å². The Morgan fingerprint density at radius 2 is 2.24 bits per heavy atom. The first-order valence-corrected chi connectivity index (χ1v) is 4.63. The third-order valence-electron chi connectivity index (χ3n) is 1.92. The van der Waals surface area contributed by atoms with Gasteiger partial charge in [0.2, 0.25) is 5.91 Å². The molecule has 88 valence electrons. The SMILES string of the molecule is COC(=O)c1cccc(F)c1NC(=O)CC#N. The van der Waals surface area contributed by atoms with Crippen molar-refractivity contribution in [2.75, 3.05) is 12.4 Å². The summed E-state index contributed by atoms with van der Waals surface area (Å²) < 4.78 is 17.9. The number of para-hydroxylation sites is 1. The lowest BCUT2D eigenvalue weighted by Crippen LogP contribution is -2.15. The molecule has 0 aromatic heterocycles. The maximum atomic E-state index is 13.4. The number of carbonyl (C=O) groups is 2. The minimum atomic E-state index is -0.767. The van der Waals surface area contributed by atoms with Gasteiger partial charge in [-0.1, -0.05) is 6.07 Å². The second-order valence-electron chi connectivity index (χ2n) is 3.04. The average molecular weight is 236 g/mol. The van der Waals surface area contributed by atoms with Crippen LogP contribution in [0.3, 0.4) is 0 Å². The number of rotatable bonds is 3. The van der Waals surface area contributed by atoms with E-state index in [-0.39, 0.29) is 11.3 Å². The number of anilines is 1. The minimum Gasteiger partial charge on any atom is -0.465 e. The van der Waals surface area contributed by atoms with E-state index in [0.29, 0.717) is 0 Å². The van der Waals surface area contributed by atoms with Crippen molar-refractivity contribution in [2.24, 2.45) is 0 Å². The fraction of sp³-hybridized carbons (Fsp3) is 0.182. The average Bonchev–Trinajstić information content (AvgIpc) is 2.31. The number of hydrogen-bond donors (Lipinski definition) is 1. The Balaban J connectivity index is 3.09. The van der Waals surface area contributed by atoms with Crippen LogP contribution < -0.4 is 5.32 Å². The van der Waals surface area contributed by atoms with Crippen molar-refractivity contribution in [1.82, 2.24) is 0 Å². The summed E-state index contributed by atoms with van der Waals surface area (Å²) in [5.74, 6) is -2.22. The molecule has 0 saturated carbocycles. The van der Waals surface area contributed by atoms with Gasteiger partial charge in [-0.3, -0.25) is 4.79 Å². The number of ether oxygens (including phenoxy) is 1. The Bertz CT molecular complexity index is 494. The van der Waals surface area contributed by atoms with Crippen LogP contribution in [0.1, 0.15) is 16.8 Å². The Kier molecular flexibility index (Phi) is 4.17. The molecular weight excluding hydrogens is 227 g/mol. The van der Waals surface area contributed by atoms with Crippen LogP contribution in [0.5, 0.6) is 0 Å². The largest absolute Gasteiger partial charge is 0.465 e. The molecule has 0 aliphatic heterocycles. The highest BCUT2D eigenvalue weighted by atomic mass is 19.1. The summed E-state index contributed by atoms with van der Waals surface area (Å²) >= 11 is 0. The number of benzene rings is 1. The monoisotopic (exact) mass is 236 g/mol. The molecule has 0 bridgehead atoms. The number of hydrogen-bond acceptors (Lipinski definition) is 4. The van der Waals surface area contributed by atoms with Crippen LogP contribution in [0.25, 0.3) is 0 Å². The van der Waals surface area contributed by atoms with E-state index in [1.54, 1.807) is 6.07 Å². The van der Waals surface area contributed by atoms with Crippen LogP contribution in [-0.2, 0) is 9.53 Å². The summed E-state index contributed by atoms with van der Waals surface area (Å²) in [4.78, 5) is 22.5. The van der Waals surface area contributed by atoms with Gasteiger partial charge in [0.15, 0.2) is 0 Å². The molecule has 6 heteroatoms. The molecule has 0 radical (unpaired) electrons. The molecule has 1 amide bonds. The van der Waals surface area contributed by atoms with E-state index in [1.165, 1.54) is 12.1 Å². The molecule has 0 unspecified atom stereocenters. The van der Waals surface area contributed by atoms with Crippen molar-refractivity contribution in [3.63, 3.8) is 0 Å². The van der Waals surface area contributed by atoms with Crippen LogP contribution >= 0.6 is 0 Å². The lowest BCUT2D eigenvalue weighted by atomic mass is 10.1. The molecule has 1 rings (SSSR count). The number of nitrogens with one attached hydrogen (secondary N) is 1. The van der Waals surface area contributed by atoms with Gasteiger partial charge in [0.05, 0.1) is 24.4 Å². The Hall–Kier alpha value is -2.42. The second-order valence-corrected chi connectivity index (χ2v) is 3.04. The van der Waals surface area contributed by atoms with E-state index in [0.717, 1.165) is 13.2 Å². The van der Waals surface area contributed by atoms with Gasteiger partial charge in [-0.15, -0.1) is 0 Å². The van der Waals surface area contributed by atoms with Gasteiger partial charge in [0, 0.05) is 0 Å². The third kappa shape index (κ3) is 3.01. The summed E-state index contributed by atoms with van der Waals surface area (Å²) in [6, 6.07) is 5.35. The van der Waals surface area contributed by atoms with Gasteiger partial charge in [-0.2, -0.15) is 5.26 Å². The predicted molar refractivity (Wildman–Crippen MR) is 56.6 cm³/mol. The number of nitriles is 1. The van der Waals surface area contributed by atoms with E-state index in [9.17, 15) is 14.0 Å². The molecule has 0 saturated heterocycles. The first kappa shape index (κ1) is 12.6. The molecule has 1 aromatic carbocycles. The Morgan fingerprint density at radius 1 is 1.53 bits per heavy atom. The highest BCUT2D eigenvalue weighted by molar-refractivity contribution is 6.01. The Morgan fingerprint density at radius 3 is 2.82 bits per heavy atom. The summed E-state index contributed by atoms with van der Waals surface area (Å²) in [5, 5.41) is 10.5. The third-order valence-corrected chi connectivity index (χ3v) is 1.92. The van der Waals surface area contributed by atoms with Crippen molar-refractivity contribution >= 4 is 17.6 Å². The number of nitrogens with zero attached hydrogens (tertiary/aromatic N) is 1. The maximum Gasteiger partial charge on any atom is 0.340 e. The molecule has 0 aliphatic carbocycles.